The predicted molar refractivity (Wildman–Crippen MR) is 112 cm³/mol. The minimum Gasteiger partial charge on any atom is -0.628 e. The molecule has 0 fully saturated rings. The fraction of sp³-hybridized carbons (Fsp3) is 0.750. The van der Waals surface area contributed by atoms with Gasteiger partial charge in [0.15, 0.2) is 0 Å². The first-order chi connectivity index (χ1) is 14.2. The van der Waals surface area contributed by atoms with E-state index in [4.69, 9.17) is 9.47 Å². The Morgan fingerprint density at radius 3 is 2.63 bits per heavy atom. The van der Waals surface area contributed by atoms with E-state index in [0.29, 0.717) is 31.7 Å². The van der Waals surface area contributed by atoms with Crippen molar-refractivity contribution >= 4 is 17.9 Å². The monoisotopic (exact) mass is 428 g/mol. The molecule has 3 N–H and O–H groups in total. The van der Waals surface area contributed by atoms with E-state index in [1.807, 2.05) is 0 Å². The second kappa shape index (κ2) is 13.9. The molecule has 2 unspecified atom stereocenters. The number of rotatable bonds is 11. The van der Waals surface area contributed by atoms with Crippen LogP contribution in [-0.4, -0.2) is 75.6 Å². The molecule has 2 atom stereocenters. The van der Waals surface area contributed by atoms with Crippen LogP contribution < -0.4 is 16.0 Å². The molecule has 0 heterocycles. The molecule has 172 valence electrons. The number of hydrogen-bond acceptors (Lipinski definition) is 6. The van der Waals surface area contributed by atoms with E-state index >= 15 is 0 Å². The highest BCUT2D eigenvalue weighted by Gasteiger charge is 2.23. The summed E-state index contributed by atoms with van der Waals surface area (Å²) in [6.07, 6.45) is 4.95. The SMILES string of the molecule is CNC(=O)CCNC(=O)OC1/C=C(/[N+](C)([O-])CCOCCNC(C)=O)CCCCC1. The van der Waals surface area contributed by atoms with Crippen molar-refractivity contribution < 1.29 is 28.5 Å². The summed E-state index contributed by atoms with van der Waals surface area (Å²) in [5.74, 6) is -0.284. The maximum Gasteiger partial charge on any atom is 0.407 e. The van der Waals surface area contributed by atoms with Gasteiger partial charge in [0.2, 0.25) is 11.8 Å². The van der Waals surface area contributed by atoms with Gasteiger partial charge in [0, 0.05) is 46.0 Å². The maximum absolute atomic E-state index is 13.1. The Kier molecular flexibility index (Phi) is 12.0. The Labute approximate surface area is 178 Å². The van der Waals surface area contributed by atoms with Gasteiger partial charge in [0.25, 0.3) is 0 Å². The van der Waals surface area contributed by atoms with Crippen LogP contribution in [0.3, 0.4) is 0 Å². The van der Waals surface area contributed by atoms with Crippen LogP contribution in [0.25, 0.3) is 0 Å². The molecule has 0 radical (unpaired) electrons. The Morgan fingerprint density at radius 1 is 1.17 bits per heavy atom. The van der Waals surface area contributed by atoms with Gasteiger partial charge in [-0.2, -0.15) is 0 Å². The fourth-order valence-corrected chi connectivity index (χ4v) is 3.06. The number of likely N-dealkylation sites (N-methyl/N-ethyl adjacent to an activating group) is 1. The van der Waals surface area contributed by atoms with E-state index in [1.54, 1.807) is 13.1 Å². The Hall–Kier alpha value is -2.17. The van der Waals surface area contributed by atoms with Crippen molar-refractivity contribution in [3.8, 4) is 0 Å². The van der Waals surface area contributed by atoms with Gasteiger partial charge in [-0.15, -0.1) is 0 Å². The first-order valence-corrected chi connectivity index (χ1v) is 10.5. The highest BCUT2D eigenvalue weighted by Crippen LogP contribution is 2.25. The topological polar surface area (TPSA) is 129 Å². The highest BCUT2D eigenvalue weighted by atomic mass is 16.6. The number of quaternary nitrogens is 1. The van der Waals surface area contributed by atoms with E-state index < -0.39 is 16.8 Å². The molecular weight excluding hydrogens is 392 g/mol. The molecule has 0 saturated heterocycles. The van der Waals surface area contributed by atoms with Crippen LogP contribution in [0, 0.1) is 5.21 Å². The van der Waals surface area contributed by atoms with E-state index in [-0.39, 0.29) is 37.9 Å². The first kappa shape index (κ1) is 25.9. The van der Waals surface area contributed by atoms with Crippen LogP contribution in [0.4, 0.5) is 4.79 Å². The lowest BCUT2D eigenvalue weighted by Crippen LogP contribution is -2.41. The predicted octanol–water partition coefficient (Wildman–Crippen LogP) is 1.16. The maximum atomic E-state index is 13.1. The summed E-state index contributed by atoms with van der Waals surface area (Å²) in [6.45, 7) is 2.88. The summed E-state index contributed by atoms with van der Waals surface area (Å²) in [5.41, 5.74) is 0.670. The largest absolute Gasteiger partial charge is 0.628 e. The molecule has 3 amide bonds. The molecule has 1 aliphatic rings. The number of ether oxygens (including phenoxy) is 2. The van der Waals surface area contributed by atoms with Gasteiger partial charge in [-0.25, -0.2) is 4.79 Å². The number of carbonyl (C=O) groups excluding carboxylic acids is 3. The van der Waals surface area contributed by atoms with Crippen LogP contribution in [0.2, 0.25) is 0 Å². The molecule has 0 aromatic heterocycles. The van der Waals surface area contributed by atoms with E-state index in [0.717, 1.165) is 19.3 Å². The molecular formula is C20H36N4O6. The summed E-state index contributed by atoms with van der Waals surface area (Å²) in [6, 6.07) is 0. The third-order valence-corrected chi connectivity index (χ3v) is 4.85. The van der Waals surface area contributed by atoms with Crippen molar-refractivity contribution in [2.75, 3.05) is 46.9 Å². The number of nitrogens with zero attached hydrogens (tertiary/aromatic N) is 1. The zero-order valence-corrected chi connectivity index (χ0v) is 18.3. The molecule has 0 saturated carbocycles. The second-order valence-corrected chi connectivity index (χ2v) is 7.47. The molecule has 0 bridgehead atoms. The lowest BCUT2D eigenvalue weighted by atomic mass is 10.0. The van der Waals surface area contributed by atoms with Gasteiger partial charge in [-0.05, 0) is 19.3 Å². The summed E-state index contributed by atoms with van der Waals surface area (Å²) in [7, 11) is 3.11. The van der Waals surface area contributed by atoms with Crippen LogP contribution >= 0.6 is 0 Å². The van der Waals surface area contributed by atoms with Crippen LogP contribution in [-0.2, 0) is 19.1 Å². The summed E-state index contributed by atoms with van der Waals surface area (Å²) in [5, 5.41) is 20.8. The minimum atomic E-state index is -0.596. The molecule has 1 aliphatic carbocycles. The number of hydrogen-bond donors (Lipinski definition) is 3. The molecule has 0 spiro atoms. The van der Waals surface area contributed by atoms with Gasteiger partial charge in [-0.1, -0.05) is 6.42 Å². The van der Waals surface area contributed by atoms with Crippen molar-refractivity contribution in [3.63, 3.8) is 0 Å². The summed E-state index contributed by atoms with van der Waals surface area (Å²) < 4.78 is 10.3. The summed E-state index contributed by atoms with van der Waals surface area (Å²) in [4.78, 5) is 34.1. The van der Waals surface area contributed by atoms with Crippen LogP contribution in [0.1, 0.15) is 45.4 Å². The van der Waals surface area contributed by atoms with E-state index in [1.165, 1.54) is 14.0 Å². The van der Waals surface area contributed by atoms with E-state index in [9.17, 15) is 19.6 Å². The lowest BCUT2D eigenvalue weighted by molar-refractivity contribution is -0.824. The molecule has 30 heavy (non-hydrogen) atoms. The van der Waals surface area contributed by atoms with Crippen LogP contribution in [0.15, 0.2) is 11.8 Å². The number of alkyl carbamates (subject to hydrolysis) is 1. The van der Waals surface area contributed by atoms with Gasteiger partial charge < -0.3 is 35.3 Å². The van der Waals surface area contributed by atoms with Crippen molar-refractivity contribution in [3.05, 3.63) is 17.0 Å². The fourth-order valence-electron chi connectivity index (χ4n) is 3.06. The number of allylic oxidation sites excluding steroid dienone is 1. The second-order valence-electron chi connectivity index (χ2n) is 7.47. The molecule has 1 rings (SSSR count). The smallest absolute Gasteiger partial charge is 0.407 e. The molecule has 10 nitrogen and oxygen atoms in total. The Morgan fingerprint density at radius 2 is 1.93 bits per heavy atom. The zero-order chi connectivity index (χ0) is 22.4. The first-order valence-electron chi connectivity index (χ1n) is 10.5. The van der Waals surface area contributed by atoms with Crippen molar-refractivity contribution in [1.82, 2.24) is 16.0 Å². The molecule has 0 aromatic rings. The number of amides is 3. The number of nitrogens with one attached hydrogen (secondary N) is 3. The third kappa shape index (κ3) is 11.1. The minimum absolute atomic E-state index is 0.119. The summed E-state index contributed by atoms with van der Waals surface area (Å²) >= 11 is 0. The highest BCUT2D eigenvalue weighted by molar-refractivity contribution is 5.76. The Bertz CT molecular complexity index is 594. The van der Waals surface area contributed by atoms with Gasteiger partial charge in [-0.3, -0.25) is 9.59 Å². The molecule has 10 heteroatoms. The normalized spacial score (nSPS) is 20.5. The molecule has 0 aliphatic heterocycles. The van der Waals surface area contributed by atoms with Crippen molar-refractivity contribution in [2.45, 2.75) is 51.6 Å². The lowest BCUT2D eigenvalue weighted by Gasteiger charge is -2.41. The van der Waals surface area contributed by atoms with Crippen molar-refractivity contribution in [1.29, 1.82) is 0 Å². The quantitative estimate of drug-likeness (QED) is 0.257. The number of hydroxylamine groups is 3. The van der Waals surface area contributed by atoms with Gasteiger partial charge >= 0.3 is 6.09 Å². The molecule has 0 aromatic carbocycles. The third-order valence-electron chi connectivity index (χ3n) is 4.85. The van der Waals surface area contributed by atoms with Crippen molar-refractivity contribution in [2.24, 2.45) is 0 Å². The Balaban J connectivity index is 2.56. The van der Waals surface area contributed by atoms with Gasteiger partial charge in [0.1, 0.15) is 18.3 Å². The van der Waals surface area contributed by atoms with Crippen LogP contribution in [0.5, 0.6) is 0 Å². The zero-order valence-electron chi connectivity index (χ0n) is 18.3. The standard InChI is InChI=1S/C20H36N4O6/c1-16(25)22-11-13-29-14-12-24(3,28)17-7-5-4-6-8-18(15-17)30-20(27)23-10-9-19(26)21-2/h15,18H,4-14H2,1-3H3,(H,21,26)(H,22,25)(H,23,27)/b17-15+. The average molecular weight is 429 g/mol. The average Bonchev–Trinajstić information content (AvgIpc) is 2.65. The van der Waals surface area contributed by atoms with E-state index in [2.05, 4.69) is 16.0 Å². The number of carbonyl (C=O) groups is 3. The van der Waals surface area contributed by atoms with Gasteiger partial charge in [0.05, 0.1) is 20.3 Å².